The molecule has 1 atom stereocenters. The van der Waals surface area contributed by atoms with Crippen molar-refractivity contribution >= 4 is 8.60 Å². The van der Waals surface area contributed by atoms with Crippen molar-refractivity contribution in [3.8, 4) is 5.75 Å². The van der Waals surface area contributed by atoms with E-state index >= 15 is 0 Å². The van der Waals surface area contributed by atoms with E-state index in [9.17, 15) is 4.89 Å². The van der Waals surface area contributed by atoms with Crippen molar-refractivity contribution in [1.82, 2.24) is 0 Å². The summed E-state index contributed by atoms with van der Waals surface area (Å²) < 4.78 is 11.1. The SMILES string of the molecule is CCCCCCCCCCCCCOP(O)Oc1ccccc1CCCC. The van der Waals surface area contributed by atoms with Crippen LogP contribution in [0.2, 0.25) is 0 Å². The summed E-state index contributed by atoms with van der Waals surface area (Å²) >= 11 is 0. The molecule has 1 aromatic carbocycles. The average molecular weight is 397 g/mol. The Bertz CT molecular complexity index is 453. The van der Waals surface area contributed by atoms with E-state index in [1.54, 1.807) is 0 Å². The van der Waals surface area contributed by atoms with Gasteiger partial charge in [0.05, 0.1) is 6.61 Å². The normalized spacial score (nSPS) is 12.3. The zero-order chi connectivity index (χ0) is 19.6. The van der Waals surface area contributed by atoms with Crippen molar-refractivity contribution in [1.29, 1.82) is 0 Å². The van der Waals surface area contributed by atoms with Crippen LogP contribution in [0, 0.1) is 0 Å². The van der Waals surface area contributed by atoms with Crippen LogP contribution in [0.1, 0.15) is 103 Å². The molecule has 4 heteroatoms. The van der Waals surface area contributed by atoms with Crippen LogP contribution in [0.5, 0.6) is 5.75 Å². The topological polar surface area (TPSA) is 38.7 Å². The molecular weight excluding hydrogens is 355 g/mol. The maximum atomic E-state index is 10.0. The van der Waals surface area contributed by atoms with Crippen LogP contribution >= 0.6 is 8.60 Å². The minimum absolute atomic E-state index is 0.580. The summed E-state index contributed by atoms with van der Waals surface area (Å²) in [6, 6.07) is 7.95. The van der Waals surface area contributed by atoms with E-state index in [0.717, 1.165) is 37.0 Å². The van der Waals surface area contributed by atoms with E-state index in [1.165, 1.54) is 64.2 Å². The Morgan fingerprint density at radius 1 is 0.741 bits per heavy atom. The van der Waals surface area contributed by atoms with Crippen molar-refractivity contribution in [3.63, 3.8) is 0 Å². The molecule has 0 aliphatic carbocycles. The molecule has 0 aromatic heterocycles. The maximum absolute atomic E-state index is 10.0. The molecule has 1 rings (SSSR count). The summed E-state index contributed by atoms with van der Waals surface area (Å²) in [5.74, 6) is 0.762. The predicted octanol–water partition coefficient (Wildman–Crippen LogP) is 7.95. The van der Waals surface area contributed by atoms with Crippen molar-refractivity contribution in [3.05, 3.63) is 29.8 Å². The Balaban J connectivity index is 2.01. The van der Waals surface area contributed by atoms with Gasteiger partial charge in [0.1, 0.15) is 5.75 Å². The molecule has 0 aliphatic rings. The maximum Gasteiger partial charge on any atom is 0.394 e. The number of unbranched alkanes of at least 4 members (excludes halogenated alkanes) is 11. The molecular formula is C23H41O3P. The smallest absolute Gasteiger partial charge is 0.394 e. The first-order chi connectivity index (χ1) is 13.3. The molecule has 1 unspecified atom stereocenters. The first kappa shape index (κ1) is 24.4. The molecule has 0 bridgehead atoms. The van der Waals surface area contributed by atoms with E-state index in [2.05, 4.69) is 19.9 Å². The Kier molecular flexibility index (Phi) is 15.8. The van der Waals surface area contributed by atoms with Crippen LogP contribution < -0.4 is 4.52 Å². The summed E-state index contributed by atoms with van der Waals surface area (Å²) in [6.07, 6.45) is 17.7. The predicted molar refractivity (Wildman–Crippen MR) is 117 cm³/mol. The lowest BCUT2D eigenvalue weighted by Crippen LogP contribution is -1.97. The van der Waals surface area contributed by atoms with Crippen molar-refractivity contribution in [2.45, 2.75) is 104 Å². The van der Waals surface area contributed by atoms with Gasteiger partial charge in [-0.15, -0.1) is 0 Å². The highest BCUT2D eigenvalue weighted by molar-refractivity contribution is 7.41. The van der Waals surface area contributed by atoms with E-state index in [4.69, 9.17) is 9.05 Å². The lowest BCUT2D eigenvalue weighted by atomic mass is 10.1. The molecule has 1 aromatic rings. The largest absolute Gasteiger partial charge is 0.427 e. The van der Waals surface area contributed by atoms with E-state index < -0.39 is 8.60 Å². The van der Waals surface area contributed by atoms with E-state index in [0.29, 0.717) is 6.61 Å². The molecule has 0 radical (unpaired) electrons. The molecule has 27 heavy (non-hydrogen) atoms. The Labute approximate surface area is 168 Å². The summed E-state index contributed by atoms with van der Waals surface area (Å²) in [6.45, 7) is 5.03. The summed E-state index contributed by atoms with van der Waals surface area (Å²) in [4.78, 5) is 10.0. The third-order valence-electron chi connectivity index (χ3n) is 4.90. The van der Waals surface area contributed by atoms with Crippen molar-refractivity contribution in [2.75, 3.05) is 6.61 Å². The molecule has 0 heterocycles. The van der Waals surface area contributed by atoms with Gasteiger partial charge in [0.25, 0.3) is 0 Å². The highest BCUT2D eigenvalue weighted by Crippen LogP contribution is 2.37. The third-order valence-corrected chi connectivity index (χ3v) is 5.65. The van der Waals surface area contributed by atoms with Gasteiger partial charge in [0, 0.05) is 0 Å². The Hall–Kier alpha value is -0.630. The molecule has 0 aliphatic heterocycles. The molecule has 0 fully saturated rings. The van der Waals surface area contributed by atoms with Crippen LogP contribution in [0.4, 0.5) is 0 Å². The van der Waals surface area contributed by atoms with Gasteiger partial charge in [0.15, 0.2) is 0 Å². The van der Waals surface area contributed by atoms with Crippen LogP contribution in [-0.4, -0.2) is 11.5 Å². The Morgan fingerprint density at radius 2 is 1.30 bits per heavy atom. The Morgan fingerprint density at radius 3 is 1.93 bits per heavy atom. The molecule has 0 spiro atoms. The molecule has 156 valence electrons. The number of aryl methyl sites for hydroxylation is 1. The molecule has 0 saturated heterocycles. The second-order valence-corrected chi connectivity index (χ2v) is 8.33. The molecule has 0 saturated carbocycles. The number of benzene rings is 1. The standard InChI is InChI=1S/C23H41O3P/c1-3-5-7-8-9-10-11-12-13-14-17-21-25-27(24)26-23-20-16-15-19-22(23)18-6-4-2/h15-16,19-20,24H,3-14,17-18,21H2,1-2H3. The van der Waals surface area contributed by atoms with Gasteiger partial charge in [0.2, 0.25) is 0 Å². The minimum Gasteiger partial charge on any atom is -0.427 e. The second-order valence-electron chi connectivity index (χ2n) is 7.41. The average Bonchev–Trinajstić information content (AvgIpc) is 2.68. The van der Waals surface area contributed by atoms with Gasteiger partial charge in [-0.25, -0.2) is 0 Å². The zero-order valence-electron chi connectivity index (χ0n) is 17.6. The van der Waals surface area contributed by atoms with Gasteiger partial charge in [-0.1, -0.05) is 103 Å². The fourth-order valence-electron chi connectivity index (χ4n) is 3.19. The summed E-state index contributed by atoms with van der Waals surface area (Å²) in [7, 11) is -1.83. The van der Waals surface area contributed by atoms with Gasteiger partial charge < -0.3 is 13.9 Å². The third kappa shape index (κ3) is 13.2. The second kappa shape index (κ2) is 17.5. The first-order valence-corrected chi connectivity index (χ1v) is 12.3. The van der Waals surface area contributed by atoms with Gasteiger partial charge in [-0.05, 0) is 30.9 Å². The first-order valence-electron chi connectivity index (χ1n) is 11.2. The number of hydrogen-bond acceptors (Lipinski definition) is 3. The molecule has 3 nitrogen and oxygen atoms in total. The number of para-hydroxylation sites is 1. The zero-order valence-corrected chi connectivity index (χ0v) is 18.5. The molecule has 1 N–H and O–H groups in total. The van der Waals surface area contributed by atoms with E-state index in [-0.39, 0.29) is 0 Å². The van der Waals surface area contributed by atoms with E-state index in [1.807, 2.05) is 18.2 Å². The number of hydrogen-bond donors (Lipinski definition) is 1. The van der Waals surface area contributed by atoms with Crippen LogP contribution in [-0.2, 0) is 10.9 Å². The monoisotopic (exact) mass is 396 g/mol. The van der Waals surface area contributed by atoms with Crippen molar-refractivity contribution in [2.24, 2.45) is 0 Å². The van der Waals surface area contributed by atoms with Crippen LogP contribution in [0.25, 0.3) is 0 Å². The van der Waals surface area contributed by atoms with Crippen LogP contribution in [0.3, 0.4) is 0 Å². The summed E-state index contributed by atoms with van der Waals surface area (Å²) in [5.41, 5.74) is 1.15. The lowest BCUT2D eigenvalue weighted by molar-refractivity contribution is 0.253. The highest BCUT2D eigenvalue weighted by atomic mass is 31.2. The number of rotatable bonds is 18. The van der Waals surface area contributed by atoms with Gasteiger partial charge >= 0.3 is 8.60 Å². The fourth-order valence-corrected chi connectivity index (χ4v) is 3.87. The molecule has 0 amide bonds. The quantitative estimate of drug-likeness (QED) is 0.202. The van der Waals surface area contributed by atoms with Crippen molar-refractivity contribution < 1.29 is 13.9 Å². The van der Waals surface area contributed by atoms with Gasteiger partial charge in [-0.3, -0.25) is 0 Å². The van der Waals surface area contributed by atoms with Gasteiger partial charge in [-0.2, -0.15) is 0 Å². The van der Waals surface area contributed by atoms with Crippen LogP contribution in [0.15, 0.2) is 24.3 Å². The highest BCUT2D eigenvalue weighted by Gasteiger charge is 2.11. The lowest BCUT2D eigenvalue weighted by Gasteiger charge is -2.14. The fraction of sp³-hybridized carbons (Fsp3) is 0.739. The minimum atomic E-state index is -1.83. The summed E-state index contributed by atoms with van der Waals surface area (Å²) in [5, 5.41) is 0.